The van der Waals surface area contributed by atoms with E-state index in [1.54, 1.807) is 34.6 Å². The molecule has 1 fully saturated rings. The van der Waals surface area contributed by atoms with Gasteiger partial charge in [0.2, 0.25) is 5.91 Å². The van der Waals surface area contributed by atoms with E-state index in [0.717, 1.165) is 0 Å². The van der Waals surface area contributed by atoms with E-state index < -0.39 is 66.3 Å². The number of rotatable bonds is 11. The van der Waals surface area contributed by atoms with Crippen molar-refractivity contribution in [1.29, 1.82) is 0 Å². The molecule has 0 aromatic heterocycles. The summed E-state index contributed by atoms with van der Waals surface area (Å²) >= 11 is 0. The Morgan fingerprint density at radius 3 is 2.19 bits per heavy atom. The lowest BCUT2D eigenvalue weighted by Crippen LogP contribution is -2.55. The van der Waals surface area contributed by atoms with Gasteiger partial charge < -0.3 is 35.3 Å². The van der Waals surface area contributed by atoms with E-state index in [1.807, 2.05) is 0 Å². The molecule has 1 rings (SSSR count). The molecule has 176 valence electrons. The fourth-order valence-corrected chi connectivity index (χ4v) is 2.50. The smallest absolute Gasteiger partial charge is 0.408 e. The van der Waals surface area contributed by atoms with Crippen LogP contribution >= 0.6 is 0 Å². The Kier molecular flexibility index (Phi) is 9.69. The number of alkyl carbamates (subject to hydrolysis) is 1. The predicted octanol–water partition coefficient (Wildman–Crippen LogP) is -0.304. The standard InChI is InChI=1S/C19H31N3O9/c1-6-8-10(22-18(28)31-19(3,4)5)14(23)21-11(16(25)26)9-20-15(24)12-13(30-12)17(27)29-7-2/h10-13H,6-9H2,1-5H3,(H,20,24)(H,21,23)(H,22,28)(H,25,26)/t10-,11-,12-,13-/m0/s1. The van der Waals surface area contributed by atoms with Gasteiger partial charge in [0.15, 0.2) is 12.2 Å². The van der Waals surface area contributed by atoms with E-state index in [4.69, 9.17) is 14.2 Å². The third kappa shape index (κ3) is 9.20. The van der Waals surface area contributed by atoms with E-state index in [1.165, 1.54) is 0 Å². The Morgan fingerprint density at radius 1 is 1.03 bits per heavy atom. The Morgan fingerprint density at radius 2 is 1.68 bits per heavy atom. The second-order valence-electron chi connectivity index (χ2n) is 7.86. The summed E-state index contributed by atoms with van der Waals surface area (Å²) in [7, 11) is 0. The molecule has 1 aliphatic rings. The van der Waals surface area contributed by atoms with Gasteiger partial charge in [-0.1, -0.05) is 13.3 Å². The van der Waals surface area contributed by atoms with E-state index in [-0.39, 0.29) is 13.0 Å². The van der Waals surface area contributed by atoms with E-state index in [2.05, 4.69) is 16.0 Å². The highest BCUT2D eigenvalue weighted by Gasteiger charge is 2.51. The first-order valence-corrected chi connectivity index (χ1v) is 10.0. The zero-order valence-corrected chi connectivity index (χ0v) is 18.4. The van der Waals surface area contributed by atoms with Crippen molar-refractivity contribution < 1.29 is 43.3 Å². The van der Waals surface area contributed by atoms with Crippen molar-refractivity contribution >= 4 is 29.8 Å². The number of hydrogen-bond donors (Lipinski definition) is 4. The number of esters is 1. The van der Waals surface area contributed by atoms with Crippen LogP contribution in [0.25, 0.3) is 0 Å². The van der Waals surface area contributed by atoms with Gasteiger partial charge in [0.05, 0.1) is 6.61 Å². The number of carbonyl (C=O) groups excluding carboxylic acids is 4. The van der Waals surface area contributed by atoms with Crippen LogP contribution in [-0.4, -0.2) is 78.0 Å². The lowest BCUT2D eigenvalue weighted by Gasteiger charge is -2.24. The fourth-order valence-electron chi connectivity index (χ4n) is 2.50. The molecule has 4 atom stereocenters. The van der Waals surface area contributed by atoms with Crippen molar-refractivity contribution in [2.24, 2.45) is 0 Å². The van der Waals surface area contributed by atoms with Gasteiger partial charge in [-0.3, -0.25) is 9.59 Å². The van der Waals surface area contributed by atoms with Crippen LogP contribution < -0.4 is 16.0 Å². The molecule has 0 aliphatic carbocycles. The molecule has 3 amide bonds. The summed E-state index contributed by atoms with van der Waals surface area (Å²) in [5.41, 5.74) is -0.766. The molecule has 0 bridgehead atoms. The van der Waals surface area contributed by atoms with Crippen LogP contribution in [0, 0.1) is 0 Å². The van der Waals surface area contributed by atoms with Crippen molar-refractivity contribution in [3.05, 3.63) is 0 Å². The van der Waals surface area contributed by atoms with Gasteiger partial charge in [-0.2, -0.15) is 0 Å². The zero-order valence-electron chi connectivity index (χ0n) is 18.4. The molecule has 0 aromatic carbocycles. The van der Waals surface area contributed by atoms with Gasteiger partial charge in [0, 0.05) is 6.54 Å². The highest BCUT2D eigenvalue weighted by Crippen LogP contribution is 2.23. The molecule has 4 N–H and O–H groups in total. The summed E-state index contributed by atoms with van der Waals surface area (Å²) in [5.74, 6) is -3.50. The zero-order chi connectivity index (χ0) is 23.8. The Hall–Kier alpha value is -2.89. The molecule has 0 spiro atoms. The molecule has 0 saturated carbocycles. The van der Waals surface area contributed by atoms with Gasteiger partial charge in [-0.15, -0.1) is 0 Å². The maximum absolute atomic E-state index is 12.5. The number of nitrogens with one attached hydrogen (secondary N) is 3. The van der Waals surface area contributed by atoms with E-state index in [0.29, 0.717) is 6.42 Å². The minimum absolute atomic E-state index is 0.135. The summed E-state index contributed by atoms with van der Waals surface area (Å²) in [5, 5.41) is 16.4. The van der Waals surface area contributed by atoms with Crippen molar-refractivity contribution in [3.63, 3.8) is 0 Å². The van der Waals surface area contributed by atoms with Crippen LogP contribution in [0.2, 0.25) is 0 Å². The average molecular weight is 445 g/mol. The predicted molar refractivity (Wildman–Crippen MR) is 106 cm³/mol. The molecular formula is C19H31N3O9. The molecule has 0 aromatic rings. The first kappa shape index (κ1) is 26.1. The van der Waals surface area contributed by atoms with Gasteiger partial charge >= 0.3 is 18.0 Å². The first-order valence-electron chi connectivity index (χ1n) is 10.0. The third-order valence-electron chi connectivity index (χ3n) is 3.95. The summed E-state index contributed by atoms with van der Waals surface area (Å²) in [6.07, 6.45) is -2.11. The summed E-state index contributed by atoms with van der Waals surface area (Å²) < 4.78 is 14.8. The van der Waals surface area contributed by atoms with Gasteiger partial charge in [-0.05, 0) is 34.1 Å². The van der Waals surface area contributed by atoms with Crippen LogP contribution in [-0.2, 0) is 33.4 Å². The quantitative estimate of drug-likeness (QED) is 0.246. The fraction of sp³-hybridized carbons (Fsp3) is 0.737. The highest BCUT2D eigenvalue weighted by molar-refractivity contribution is 5.93. The van der Waals surface area contributed by atoms with Crippen LogP contribution in [0.15, 0.2) is 0 Å². The van der Waals surface area contributed by atoms with Crippen LogP contribution in [0.1, 0.15) is 47.5 Å². The van der Waals surface area contributed by atoms with Crippen LogP contribution in [0.4, 0.5) is 4.79 Å². The molecule has 12 nitrogen and oxygen atoms in total. The van der Waals surface area contributed by atoms with Gasteiger partial charge in [0.1, 0.15) is 17.7 Å². The average Bonchev–Trinajstić information content (AvgIpc) is 3.43. The highest BCUT2D eigenvalue weighted by atomic mass is 16.6. The lowest BCUT2D eigenvalue weighted by molar-refractivity contribution is -0.145. The molecule has 1 saturated heterocycles. The molecule has 1 heterocycles. The lowest BCUT2D eigenvalue weighted by atomic mass is 10.1. The SMILES string of the molecule is CCC[C@H](NC(=O)OC(C)(C)C)C(=O)N[C@@H](CNC(=O)[C@H]1O[C@@H]1C(=O)OCC)C(=O)O. The number of hydrogen-bond acceptors (Lipinski definition) is 8. The normalized spacial score (nSPS) is 19.4. The monoisotopic (exact) mass is 445 g/mol. The number of epoxide rings is 1. The molecule has 1 aliphatic heterocycles. The molecular weight excluding hydrogens is 414 g/mol. The number of ether oxygens (including phenoxy) is 3. The van der Waals surface area contributed by atoms with Crippen molar-refractivity contribution in [2.45, 2.75) is 77.4 Å². The maximum Gasteiger partial charge on any atom is 0.408 e. The largest absolute Gasteiger partial charge is 0.480 e. The molecule has 31 heavy (non-hydrogen) atoms. The minimum Gasteiger partial charge on any atom is -0.480 e. The van der Waals surface area contributed by atoms with Gasteiger partial charge in [0.25, 0.3) is 5.91 Å². The molecule has 0 unspecified atom stereocenters. The Balaban J connectivity index is 2.62. The molecule has 12 heteroatoms. The number of carboxylic acid groups (broad SMARTS) is 1. The Bertz CT molecular complexity index is 690. The van der Waals surface area contributed by atoms with Gasteiger partial charge in [-0.25, -0.2) is 14.4 Å². The number of carbonyl (C=O) groups is 5. The maximum atomic E-state index is 12.5. The topological polar surface area (TPSA) is 173 Å². The third-order valence-corrected chi connectivity index (χ3v) is 3.95. The Labute approximate surface area is 180 Å². The number of carboxylic acids is 1. The van der Waals surface area contributed by atoms with Crippen LogP contribution in [0.3, 0.4) is 0 Å². The van der Waals surface area contributed by atoms with E-state index in [9.17, 15) is 29.1 Å². The van der Waals surface area contributed by atoms with E-state index >= 15 is 0 Å². The summed E-state index contributed by atoms with van der Waals surface area (Å²) in [6, 6.07) is -2.48. The molecule has 0 radical (unpaired) electrons. The van der Waals surface area contributed by atoms with Crippen molar-refractivity contribution in [2.75, 3.05) is 13.2 Å². The first-order chi connectivity index (χ1) is 14.4. The summed E-state index contributed by atoms with van der Waals surface area (Å²) in [6.45, 7) is 8.10. The minimum atomic E-state index is -1.46. The van der Waals surface area contributed by atoms with Crippen molar-refractivity contribution in [3.8, 4) is 0 Å². The van der Waals surface area contributed by atoms with Crippen LogP contribution in [0.5, 0.6) is 0 Å². The number of aliphatic carboxylic acids is 1. The summed E-state index contributed by atoms with van der Waals surface area (Å²) in [4.78, 5) is 59.5. The second kappa shape index (κ2) is 11.5. The number of amides is 3. The second-order valence-corrected chi connectivity index (χ2v) is 7.86. The van der Waals surface area contributed by atoms with Crippen molar-refractivity contribution in [1.82, 2.24) is 16.0 Å².